The minimum absolute atomic E-state index is 0.125. The molecule has 26 heavy (non-hydrogen) atoms. The summed E-state index contributed by atoms with van der Waals surface area (Å²) in [7, 11) is 1.39. The predicted molar refractivity (Wildman–Crippen MR) is 92.3 cm³/mol. The molecule has 0 atom stereocenters. The zero-order valence-corrected chi connectivity index (χ0v) is 13.6. The number of ether oxygens (including phenoxy) is 1. The first kappa shape index (κ1) is 17.1. The highest BCUT2D eigenvalue weighted by Gasteiger charge is 2.14. The van der Waals surface area contributed by atoms with Crippen LogP contribution < -0.4 is 10.3 Å². The number of hydrogen-bond donors (Lipinski definition) is 2. The Morgan fingerprint density at radius 3 is 2.77 bits per heavy atom. The van der Waals surface area contributed by atoms with E-state index in [2.05, 4.69) is 9.97 Å². The van der Waals surface area contributed by atoms with Crippen molar-refractivity contribution in [3.63, 3.8) is 0 Å². The number of nitrogens with zero attached hydrogens (tertiary/aromatic N) is 2. The molecule has 0 saturated carbocycles. The summed E-state index contributed by atoms with van der Waals surface area (Å²) in [5.74, 6) is -0.595. The van der Waals surface area contributed by atoms with Gasteiger partial charge in [0.15, 0.2) is 0 Å². The van der Waals surface area contributed by atoms with E-state index < -0.39 is 16.5 Å². The number of hydrogen-bond acceptors (Lipinski definition) is 6. The molecule has 0 unspecified atom stereocenters. The van der Waals surface area contributed by atoms with Gasteiger partial charge in [0.1, 0.15) is 11.6 Å². The predicted octanol–water partition coefficient (Wildman–Crippen LogP) is 2.13. The van der Waals surface area contributed by atoms with Crippen LogP contribution in [0.1, 0.15) is 5.56 Å². The molecule has 1 heterocycles. The van der Waals surface area contributed by atoms with Gasteiger partial charge in [-0.15, -0.1) is 0 Å². The van der Waals surface area contributed by atoms with E-state index in [-0.39, 0.29) is 23.3 Å². The molecule has 3 rings (SSSR count). The van der Waals surface area contributed by atoms with Gasteiger partial charge in [0.05, 0.1) is 29.4 Å². The average molecular weight is 355 g/mol. The van der Waals surface area contributed by atoms with E-state index in [4.69, 9.17) is 9.84 Å². The fourth-order valence-corrected chi connectivity index (χ4v) is 2.61. The Balaban J connectivity index is 2.19. The van der Waals surface area contributed by atoms with Gasteiger partial charge in [0.25, 0.3) is 11.2 Å². The summed E-state index contributed by atoms with van der Waals surface area (Å²) in [5.41, 5.74) is 0.418. The molecular weight excluding hydrogens is 342 g/mol. The number of aliphatic carboxylic acids is 1. The van der Waals surface area contributed by atoms with Gasteiger partial charge < -0.3 is 14.8 Å². The number of nitro benzene ring substituents is 1. The van der Waals surface area contributed by atoms with E-state index in [1.807, 2.05) is 0 Å². The van der Waals surface area contributed by atoms with E-state index >= 15 is 0 Å². The highest BCUT2D eigenvalue weighted by atomic mass is 16.6. The van der Waals surface area contributed by atoms with Crippen molar-refractivity contribution in [2.45, 2.75) is 6.42 Å². The van der Waals surface area contributed by atoms with Crippen molar-refractivity contribution in [1.82, 2.24) is 9.97 Å². The first-order chi connectivity index (χ1) is 12.4. The van der Waals surface area contributed by atoms with E-state index in [1.54, 1.807) is 6.07 Å². The summed E-state index contributed by atoms with van der Waals surface area (Å²) in [6, 6.07) is 8.63. The SMILES string of the molecule is COc1cc2nc(-c3cccc([N+](=O)[O-])c3)[nH]c(=O)c2cc1CC(=O)O. The van der Waals surface area contributed by atoms with Crippen LogP contribution in [0.3, 0.4) is 0 Å². The van der Waals surface area contributed by atoms with Gasteiger partial charge in [0.2, 0.25) is 0 Å². The van der Waals surface area contributed by atoms with Crippen LogP contribution in [-0.4, -0.2) is 33.1 Å². The standard InChI is InChI=1S/C17H13N3O6/c1-26-14-8-13-12(6-10(14)7-15(21)22)17(23)19-16(18-13)9-3-2-4-11(5-9)20(24)25/h2-6,8H,7H2,1H3,(H,21,22)(H,18,19,23). The first-order valence-electron chi connectivity index (χ1n) is 7.46. The van der Waals surface area contributed by atoms with E-state index in [9.17, 15) is 19.7 Å². The summed E-state index contributed by atoms with van der Waals surface area (Å²) in [5, 5.41) is 20.1. The van der Waals surface area contributed by atoms with Crippen molar-refractivity contribution in [1.29, 1.82) is 0 Å². The number of non-ortho nitro benzene ring substituents is 1. The molecule has 2 N–H and O–H groups in total. The fourth-order valence-electron chi connectivity index (χ4n) is 2.61. The van der Waals surface area contributed by atoms with Gasteiger partial charge in [-0.05, 0) is 6.07 Å². The third-order valence-corrected chi connectivity index (χ3v) is 3.78. The highest BCUT2D eigenvalue weighted by molar-refractivity contribution is 5.84. The maximum Gasteiger partial charge on any atom is 0.307 e. The molecule has 9 nitrogen and oxygen atoms in total. The quantitative estimate of drug-likeness (QED) is 0.528. The Hall–Kier alpha value is -3.75. The topological polar surface area (TPSA) is 135 Å². The molecular formula is C17H13N3O6. The summed E-state index contributed by atoms with van der Waals surface area (Å²) >= 11 is 0. The lowest BCUT2D eigenvalue weighted by atomic mass is 10.1. The fraction of sp³-hybridized carbons (Fsp3) is 0.118. The Kier molecular flexibility index (Phi) is 4.36. The lowest BCUT2D eigenvalue weighted by Crippen LogP contribution is -2.11. The third kappa shape index (κ3) is 3.22. The number of aromatic nitrogens is 2. The molecule has 0 bridgehead atoms. The van der Waals surface area contributed by atoms with Gasteiger partial charge in [-0.25, -0.2) is 4.98 Å². The van der Waals surface area contributed by atoms with Crippen molar-refractivity contribution in [3.8, 4) is 17.1 Å². The van der Waals surface area contributed by atoms with Crippen LogP contribution in [0.5, 0.6) is 5.75 Å². The van der Waals surface area contributed by atoms with Crippen LogP contribution >= 0.6 is 0 Å². The zero-order chi connectivity index (χ0) is 18.8. The van der Waals surface area contributed by atoms with Gasteiger partial charge in [-0.1, -0.05) is 12.1 Å². The van der Waals surface area contributed by atoms with Crippen molar-refractivity contribution in [3.05, 3.63) is 62.4 Å². The van der Waals surface area contributed by atoms with Gasteiger partial charge in [-0.3, -0.25) is 19.7 Å². The minimum atomic E-state index is -1.06. The molecule has 3 aromatic rings. The summed E-state index contributed by atoms with van der Waals surface area (Å²) in [4.78, 5) is 40.7. The molecule has 0 aliphatic heterocycles. The number of fused-ring (bicyclic) bond motifs is 1. The molecule has 0 aliphatic rings. The number of benzene rings is 2. The Morgan fingerprint density at radius 1 is 1.35 bits per heavy atom. The number of H-pyrrole nitrogens is 1. The Bertz CT molecular complexity index is 1090. The Labute approximate surface area is 146 Å². The van der Waals surface area contributed by atoms with Gasteiger partial charge in [-0.2, -0.15) is 0 Å². The number of nitro groups is 1. The molecule has 1 aromatic heterocycles. The molecule has 0 spiro atoms. The van der Waals surface area contributed by atoms with Crippen LogP contribution in [0.25, 0.3) is 22.3 Å². The Morgan fingerprint density at radius 2 is 2.12 bits per heavy atom. The molecule has 132 valence electrons. The molecule has 0 amide bonds. The number of carbonyl (C=O) groups is 1. The minimum Gasteiger partial charge on any atom is -0.496 e. The largest absolute Gasteiger partial charge is 0.496 e. The lowest BCUT2D eigenvalue weighted by Gasteiger charge is -2.09. The van der Waals surface area contributed by atoms with Crippen LogP contribution in [0.15, 0.2) is 41.2 Å². The molecule has 0 fully saturated rings. The summed E-state index contributed by atoms with van der Waals surface area (Å²) < 4.78 is 5.19. The van der Waals surface area contributed by atoms with Crippen molar-refractivity contribution in [2.75, 3.05) is 7.11 Å². The summed E-state index contributed by atoms with van der Waals surface area (Å²) in [6.45, 7) is 0. The molecule has 0 saturated heterocycles. The third-order valence-electron chi connectivity index (χ3n) is 3.78. The van der Waals surface area contributed by atoms with Crippen molar-refractivity contribution < 1.29 is 19.6 Å². The number of carboxylic acids is 1. The van der Waals surface area contributed by atoms with Crippen LogP contribution in [-0.2, 0) is 11.2 Å². The number of carboxylic acid groups (broad SMARTS) is 1. The number of nitrogens with one attached hydrogen (secondary N) is 1. The highest BCUT2D eigenvalue weighted by Crippen LogP contribution is 2.26. The summed E-state index contributed by atoms with van der Waals surface area (Å²) in [6.07, 6.45) is -0.300. The smallest absolute Gasteiger partial charge is 0.307 e. The molecule has 0 radical (unpaired) electrons. The number of methoxy groups -OCH3 is 1. The average Bonchev–Trinajstić information content (AvgIpc) is 2.61. The maximum atomic E-state index is 12.4. The monoisotopic (exact) mass is 355 g/mol. The second kappa shape index (κ2) is 6.63. The second-order valence-corrected chi connectivity index (χ2v) is 5.47. The maximum absolute atomic E-state index is 12.4. The van der Waals surface area contributed by atoms with E-state index in [0.29, 0.717) is 22.4 Å². The van der Waals surface area contributed by atoms with Crippen LogP contribution in [0.4, 0.5) is 5.69 Å². The second-order valence-electron chi connectivity index (χ2n) is 5.47. The van der Waals surface area contributed by atoms with Crippen molar-refractivity contribution >= 4 is 22.6 Å². The molecule has 0 aliphatic carbocycles. The number of aromatic amines is 1. The van der Waals surface area contributed by atoms with E-state index in [1.165, 1.54) is 37.4 Å². The molecule has 2 aromatic carbocycles. The number of rotatable bonds is 5. The normalized spacial score (nSPS) is 10.7. The van der Waals surface area contributed by atoms with Crippen LogP contribution in [0, 0.1) is 10.1 Å². The van der Waals surface area contributed by atoms with E-state index in [0.717, 1.165) is 0 Å². The van der Waals surface area contributed by atoms with Crippen LogP contribution in [0.2, 0.25) is 0 Å². The van der Waals surface area contributed by atoms with Crippen molar-refractivity contribution in [2.24, 2.45) is 0 Å². The van der Waals surface area contributed by atoms with Gasteiger partial charge in [0, 0.05) is 29.3 Å². The first-order valence-corrected chi connectivity index (χ1v) is 7.46. The lowest BCUT2D eigenvalue weighted by molar-refractivity contribution is -0.384. The molecule has 9 heteroatoms. The van der Waals surface area contributed by atoms with Gasteiger partial charge >= 0.3 is 5.97 Å². The zero-order valence-electron chi connectivity index (χ0n) is 13.6.